The molecule has 0 radical (unpaired) electrons. The summed E-state index contributed by atoms with van der Waals surface area (Å²) < 4.78 is 0. The summed E-state index contributed by atoms with van der Waals surface area (Å²) in [6.45, 7) is 2.97. The molecule has 0 aromatic carbocycles. The first-order valence-electron chi connectivity index (χ1n) is 7.23. The van der Waals surface area contributed by atoms with Crippen molar-refractivity contribution in [3.8, 4) is 0 Å². The summed E-state index contributed by atoms with van der Waals surface area (Å²) in [5, 5.41) is 5.80. The van der Waals surface area contributed by atoms with Gasteiger partial charge in [0, 0.05) is 33.1 Å². The van der Waals surface area contributed by atoms with Crippen LogP contribution >= 0.6 is 0 Å². The lowest BCUT2D eigenvalue weighted by Gasteiger charge is -2.25. The fourth-order valence-corrected chi connectivity index (χ4v) is 2.57. The van der Waals surface area contributed by atoms with Crippen LogP contribution in [0.25, 0.3) is 0 Å². The molecule has 6 heteroatoms. The van der Waals surface area contributed by atoms with E-state index in [9.17, 15) is 4.79 Å². The Morgan fingerprint density at radius 3 is 2.90 bits per heavy atom. The van der Waals surface area contributed by atoms with Crippen molar-refractivity contribution in [2.45, 2.75) is 38.6 Å². The summed E-state index contributed by atoms with van der Waals surface area (Å²) in [7, 11) is 3.53. The van der Waals surface area contributed by atoms with Gasteiger partial charge in [-0.05, 0) is 19.3 Å². The normalized spacial score (nSPS) is 18.1. The zero-order chi connectivity index (χ0) is 14.5. The van der Waals surface area contributed by atoms with Gasteiger partial charge >= 0.3 is 0 Å². The van der Waals surface area contributed by atoms with E-state index in [1.54, 1.807) is 7.05 Å². The predicted molar refractivity (Wildman–Crippen MR) is 80.0 cm³/mol. The third-order valence-corrected chi connectivity index (χ3v) is 3.58. The average Bonchev–Trinajstić information content (AvgIpc) is 2.95. The molecule has 1 amide bonds. The van der Waals surface area contributed by atoms with Crippen LogP contribution in [-0.2, 0) is 11.2 Å². The van der Waals surface area contributed by atoms with Gasteiger partial charge in [0.15, 0.2) is 0 Å². The van der Waals surface area contributed by atoms with Crippen LogP contribution in [-0.4, -0.2) is 42.6 Å². The number of aryl methyl sites for hydroxylation is 1. The van der Waals surface area contributed by atoms with E-state index < -0.39 is 0 Å². The van der Waals surface area contributed by atoms with Crippen molar-refractivity contribution >= 4 is 17.5 Å². The summed E-state index contributed by atoms with van der Waals surface area (Å²) >= 11 is 0. The van der Waals surface area contributed by atoms with Crippen molar-refractivity contribution in [3.05, 3.63) is 11.9 Å². The number of aromatic nitrogens is 2. The van der Waals surface area contributed by atoms with Gasteiger partial charge in [0.25, 0.3) is 0 Å². The largest absolute Gasteiger partial charge is 0.373 e. The Morgan fingerprint density at radius 1 is 1.45 bits per heavy atom. The van der Waals surface area contributed by atoms with Crippen molar-refractivity contribution in [2.24, 2.45) is 0 Å². The highest BCUT2D eigenvalue weighted by atomic mass is 16.2. The van der Waals surface area contributed by atoms with Crippen molar-refractivity contribution in [1.29, 1.82) is 0 Å². The summed E-state index contributed by atoms with van der Waals surface area (Å²) in [6.07, 6.45) is 3.74. The maximum absolute atomic E-state index is 12.0. The molecular formula is C14H23N5O. The van der Waals surface area contributed by atoms with E-state index in [0.29, 0.717) is 0 Å². The van der Waals surface area contributed by atoms with Crippen LogP contribution < -0.4 is 15.5 Å². The molecule has 20 heavy (non-hydrogen) atoms. The van der Waals surface area contributed by atoms with Gasteiger partial charge in [0.2, 0.25) is 5.91 Å². The lowest BCUT2D eigenvalue weighted by Crippen LogP contribution is -2.42. The summed E-state index contributed by atoms with van der Waals surface area (Å²) in [5.41, 5.74) is 0. The molecule has 2 heterocycles. The van der Waals surface area contributed by atoms with Crippen LogP contribution in [0.4, 0.5) is 11.6 Å². The molecule has 110 valence electrons. The molecule has 0 saturated carbocycles. The Balaban J connectivity index is 2.30. The maximum atomic E-state index is 12.0. The smallest absolute Gasteiger partial charge is 0.242 e. The molecule has 2 rings (SSSR count). The highest BCUT2D eigenvalue weighted by molar-refractivity contribution is 5.85. The number of likely N-dealkylation sites (N-methyl/N-ethyl adjacent to an activating group) is 1. The predicted octanol–water partition coefficient (Wildman–Crippen LogP) is 1.19. The molecule has 1 atom stereocenters. The van der Waals surface area contributed by atoms with Gasteiger partial charge in [-0.1, -0.05) is 6.92 Å². The van der Waals surface area contributed by atoms with Crippen LogP contribution in [0.5, 0.6) is 0 Å². The summed E-state index contributed by atoms with van der Waals surface area (Å²) in [6, 6.07) is 1.80. The fourth-order valence-electron chi connectivity index (χ4n) is 2.57. The Bertz CT molecular complexity index is 477. The van der Waals surface area contributed by atoms with E-state index in [1.165, 1.54) is 0 Å². The molecule has 1 saturated heterocycles. The third kappa shape index (κ3) is 3.00. The SMILES string of the molecule is CCCc1nc(NC)cc(N2CCCC2C(=O)NC)n1. The number of nitrogens with zero attached hydrogens (tertiary/aromatic N) is 3. The number of anilines is 2. The third-order valence-electron chi connectivity index (χ3n) is 3.58. The molecule has 0 spiro atoms. The molecule has 1 unspecified atom stereocenters. The van der Waals surface area contributed by atoms with Crippen molar-refractivity contribution in [3.63, 3.8) is 0 Å². The Hall–Kier alpha value is -1.85. The highest BCUT2D eigenvalue weighted by Gasteiger charge is 2.31. The van der Waals surface area contributed by atoms with Gasteiger partial charge in [0.05, 0.1) is 0 Å². The van der Waals surface area contributed by atoms with Gasteiger partial charge in [-0.2, -0.15) is 0 Å². The second-order valence-electron chi connectivity index (χ2n) is 4.99. The van der Waals surface area contributed by atoms with E-state index >= 15 is 0 Å². The lowest BCUT2D eigenvalue weighted by molar-refractivity contribution is -0.121. The second-order valence-corrected chi connectivity index (χ2v) is 4.99. The zero-order valence-corrected chi connectivity index (χ0v) is 12.4. The van der Waals surface area contributed by atoms with Crippen molar-refractivity contribution < 1.29 is 4.79 Å². The van der Waals surface area contributed by atoms with Crippen LogP contribution in [0.3, 0.4) is 0 Å². The minimum atomic E-state index is -0.117. The molecular weight excluding hydrogens is 254 g/mol. The first-order valence-corrected chi connectivity index (χ1v) is 7.23. The van der Waals surface area contributed by atoms with Crippen LogP contribution in [0.1, 0.15) is 32.0 Å². The molecule has 1 aromatic rings. The van der Waals surface area contributed by atoms with Gasteiger partial charge in [0.1, 0.15) is 23.5 Å². The number of hydrogen-bond acceptors (Lipinski definition) is 5. The Labute approximate surface area is 120 Å². The van der Waals surface area contributed by atoms with Gasteiger partial charge in [-0.15, -0.1) is 0 Å². The number of rotatable bonds is 5. The van der Waals surface area contributed by atoms with Crippen LogP contribution in [0.2, 0.25) is 0 Å². The van der Waals surface area contributed by atoms with Crippen molar-refractivity contribution in [1.82, 2.24) is 15.3 Å². The van der Waals surface area contributed by atoms with Gasteiger partial charge in [-0.25, -0.2) is 9.97 Å². The maximum Gasteiger partial charge on any atom is 0.242 e. The molecule has 1 aromatic heterocycles. The van der Waals surface area contributed by atoms with Crippen LogP contribution in [0.15, 0.2) is 6.07 Å². The summed E-state index contributed by atoms with van der Waals surface area (Å²) in [5.74, 6) is 2.54. The molecule has 2 N–H and O–H groups in total. The molecule has 1 fully saturated rings. The van der Waals surface area contributed by atoms with Crippen molar-refractivity contribution in [2.75, 3.05) is 30.9 Å². The molecule has 0 bridgehead atoms. The minimum absolute atomic E-state index is 0.0594. The van der Waals surface area contributed by atoms with Gasteiger partial charge in [-0.3, -0.25) is 4.79 Å². The molecule has 1 aliphatic rings. The van der Waals surface area contributed by atoms with E-state index in [1.807, 2.05) is 13.1 Å². The van der Waals surface area contributed by atoms with E-state index in [4.69, 9.17) is 0 Å². The minimum Gasteiger partial charge on any atom is -0.373 e. The first kappa shape index (κ1) is 14.6. The Kier molecular flexibility index (Phi) is 4.76. The number of hydrogen-bond donors (Lipinski definition) is 2. The van der Waals surface area contributed by atoms with E-state index in [-0.39, 0.29) is 11.9 Å². The van der Waals surface area contributed by atoms with Gasteiger partial charge < -0.3 is 15.5 Å². The lowest BCUT2D eigenvalue weighted by atomic mass is 10.2. The molecule has 0 aliphatic carbocycles. The molecule has 6 nitrogen and oxygen atoms in total. The quantitative estimate of drug-likeness (QED) is 0.846. The fraction of sp³-hybridized carbons (Fsp3) is 0.643. The Morgan fingerprint density at radius 2 is 2.25 bits per heavy atom. The van der Waals surface area contributed by atoms with Crippen LogP contribution in [0, 0.1) is 0 Å². The standard InChI is InChI=1S/C14H23N5O/c1-4-6-11-17-12(15-2)9-13(18-11)19-8-5-7-10(19)14(20)16-3/h9-10H,4-8H2,1-3H3,(H,16,20)(H,15,17,18). The monoisotopic (exact) mass is 277 g/mol. The van der Waals surface area contributed by atoms with E-state index in [0.717, 1.165) is 49.7 Å². The molecule has 1 aliphatic heterocycles. The highest BCUT2D eigenvalue weighted by Crippen LogP contribution is 2.25. The first-order chi connectivity index (χ1) is 9.69. The average molecular weight is 277 g/mol. The number of amides is 1. The summed E-state index contributed by atoms with van der Waals surface area (Å²) in [4.78, 5) is 23.1. The van der Waals surface area contributed by atoms with E-state index in [2.05, 4.69) is 32.4 Å². The number of carbonyl (C=O) groups excluding carboxylic acids is 1. The second kappa shape index (κ2) is 6.54. The zero-order valence-electron chi connectivity index (χ0n) is 12.4. The number of nitrogens with one attached hydrogen (secondary N) is 2. The number of carbonyl (C=O) groups is 1. The topological polar surface area (TPSA) is 70.2 Å².